The van der Waals surface area contributed by atoms with Gasteiger partial charge in [-0.05, 0) is 36.8 Å². The van der Waals surface area contributed by atoms with Gasteiger partial charge < -0.3 is 14.0 Å². The molecule has 0 aliphatic rings. The fourth-order valence-corrected chi connectivity index (χ4v) is 4.08. The predicted octanol–water partition coefficient (Wildman–Crippen LogP) is 4.06. The number of hydrogen-bond acceptors (Lipinski definition) is 4. The number of aromatic nitrogens is 1. The first kappa shape index (κ1) is 19.0. The molecule has 0 bridgehead atoms. The number of amides is 1. The average molecular weight is 401 g/mol. The lowest BCUT2D eigenvalue weighted by Gasteiger charge is -2.10. The van der Waals surface area contributed by atoms with Crippen molar-refractivity contribution in [1.29, 1.82) is 0 Å². The van der Waals surface area contributed by atoms with Crippen LogP contribution in [0.4, 0.5) is 0 Å². The molecule has 0 radical (unpaired) electrons. The van der Waals surface area contributed by atoms with Gasteiger partial charge in [0.15, 0.2) is 16.3 Å². The van der Waals surface area contributed by atoms with Crippen LogP contribution in [0, 0.1) is 19.3 Å². The summed E-state index contributed by atoms with van der Waals surface area (Å²) in [6, 6.07) is 8.81. The van der Waals surface area contributed by atoms with E-state index < -0.39 is 5.91 Å². The third-order valence-electron chi connectivity index (χ3n) is 4.11. The van der Waals surface area contributed by atoms with E-state index in [-0.39, 0.29) is 6.54 Å². The monoisotopic (exact) mass is 400 g/mol. The minimum Gasteiger partial charge on any atom is -0.493 e. The summed E-state index contributed by atoms with van der Waals surface area (Å²) in [5.41, 5.74) is 2.10. The van der Waals surface area contributed by atoms with Gasteiger partial charge in [0.05, 0.1) is 36.5 Å². The number of halogens is 1. The minimum absolute atomic E-state index is 0.280. The van der Waals surface area contributed by atoms with Crippen molar-refractivity contribution in [3.63, 3.8) is 0 Å². The van der Waals surface area contributed by atoms with Crippen LogP contribution in [-0.2, 0) is 6.54 Å². The molecular weight excluding hydrogens is 384 g/mol. The van der Waals surface area contributed by atoms with Gasteiger partial charge in [-0.15, -0.1) is 6.42 Å². The van der Waals surface area contributed by atoms with Crippen molar-refractivity contribution >= 4 is 39.1 Å². The highest BCUT2D eigenvalue weighted by Crippen LogP contribution is 2.31. The summed E-state index contributed by atoms with van der Waals surface area (Å²) in [6.07, 6.45) is 5.53. The van der Waals surface area contributed by atoms with E-state index in [1.807, 2.05) is 23.6 Å². The Morgan fingerprint density at radius 1 is 1.30 bits per heavy atom. The van der Waals surface area contributed by atoms with E-state index in [0.29, 0.717) is 26.9 Å². The maximum absolute atomic E-state index is 12.9. The molecule has 138 valence electrons. The van der Waals surface area contributed by atoms with Crippen molar-refractivity contribution in [1.82, 2.24) is 4.57 Å². The maximum Gasteiger partial charge on any atom is 0.283 e. The molecule has 0 aliphatic heterocycles. The van der Waals surface area contributed by atoms with Crippen molar-refractivity contribution in [2.45, 2.75) is 13.5 Å². The van der Waals surface area contributed by atoms with Gasteiger partial charge in [-0.2, -0.15) is 4.99 Å². The van der Waals surface area contributed by atoms with Gasteiger partial charge in [-0.3, -0.25) is 4.79 Å². The maximum atomic E-state index is 12.9. The van der Waals surface area contributed by atoms with E-state index in [4.69, 9.17) is 27.5 Å². The largest absolute Gasteiger partial charge is 0.493 e. The molecule has 0 saturated heterocycles. The zero-order valence-electron chi connectivity index (χ0n) is 15.1. The van der Waals surface area contributed by atoms with Gasteiger partial charge in [0.2, 0.25) is 0 Å². The molecule has 5 nitrogen and oxygen atoms in total. The van der Waals surface area contributed by atoms with E-state index in [2.05, 4.69) is 10.9 Å². The molecule has 0 unspecified atom stereocenters. The number of rotatable bonds is 4. The highest BCUT2D eigenvalue weighted by atomic mass is 35.5. The quantitative estimate of drug-likeness (QED) is 0.620. The number of terminal acetylenes is 1. The Labute approximate surface area is 165 Å². The first-order valence-electron chi connectivity index (χ1n) is 8.03. The van der Waals surface area contributed by atoms with Crippen molar-refractivity contribution < 1.29 is 14.3 Å². The molecule has 3 aromatic rings. The van der Waals surface area contributed by atoms with Crippen LogP contribution in [0.3, 0.4) is 0 Å². The van der Waals surface area contributed by atoms with Crippen molar-refractivity contribution in [3.05, 3.63) is 51.3 Å². The lowest BCUT2D eigenvalue weighted by atomic mass is 10.2. The Hall–Kier alpha value is -2.75. The van der Waals surface area contributed by atoms with Crippen LogP contribution >= 0.6 is 22.9 Å². The first-order valence-corrected chi connectivity index (χ1v) is 9.23. The Morgan fingerprint density at radius 3 is 2.74 bits per heavy atom. The second kappa shape index (κ2) is 7.87. The van der Waals surface area contributed by atoms with E-state index in [1.54, 1.807) is 18.2 Å². The highest BCUT2D eigenvalue weighted by Gasteiger charge is 2.17. The number of para-hydroxylation sites is 1. The number of benzene rings is 2. The van der Waals surface area contributed by atoms with Gasteiger partial charge in [-0.1, -0.05) is 34.9 Å². The minimum atomic E-state index is -0.438. The molecule has 0 atom stereocenters. The van der Waals surface area contributed by atoms with Crippen LogP contribution < -0.4 is 14.3 Å². The number of thiazole rings is 1. The van der Waals surface area contributed by atoms with E-state index >= 15 is 0 Å². The standard InChI is InChI=1S/C20H17ClN2O3S/c1-5-11-23-17-12(2)14(21)9-10-16(17)27-20(23)22-19(24)13-7-6-8-15(25-3)18(13)26-4/h1,6-10H,11H2,2-4H3. The van der Waals surface area contributed by atoms with Crippen LogP contribution in [0.2, 0.25) is 5.02 Å². The molecule has 27 heavy (non-hydrogen) atoms. The number of carbonyl (C=O) groups excluding carboxylic acids is 1. The van der Waals surface area contributed by atoms with Gasteiger partial charge in [0.1, 0.15) is 0 Å². The Balaban J connectivity index is 2.22. The van der Waals surface area contributed by atoms with E-state index in [0.717, 1.165) is 15.8 Å². The van der Waals surface area contributed by atoms with Crippen LogP contribution in [-0.4, -0.2) is 24.7 Å². The normalized spacial score (nSPS) is 11.4. The van der Waals surface area contributed by atoms with Crippen molar-refractivity contribution in [3.8, 4) is 23.8 Å². The molecule has 2 aromatic carbocycles. The van der Waals surface area contributed by atoms with Crippen LogP contribution in [0.1, 0.15) is 15.9 Å². The zero-order chi connectivity index (χ0) is 19.6. The fraction of sp³-hybridized carbons (Fsp3) is 0.200. The second-order valence-electron chi connectivity index (χ2n) is 5.65. The topological polar surface area (TPSA) is 52.8 Å². The first-order chi connectivity index (χ1) is 13.0. The number of methoxy groups -OCH3 is 2. The smallest absolute Gasteiger partial charge is 0.283 e. The molecule has 0 saturated carbocycles. The molecule has 1 heterocycles. The second-order valence-corrected chi connectivity index (χ2v) is 7.07. The van der Waals surface area contributed by atoms with E-state index in [9.17, 15) is 4.79 Å². The summed E-state index contributed by atoms with van der Waals surface area (Å²) < 4.78 is 13.4. The lowest BCUT2D eigenvalue weighted by molar-refractivity contribution is 0.0994. The highest BCUT2D eigenvalue weighted by molar-refractivity contribution is 7.16. The number of fused-ring (bicyclic) bond motifs is 1. The Bertz CT molecular complexity index is 1140. The number of nitrogens with zero attached hydrogens (tertiary/aromatic N) is 2. The number of carbonyl (C=O) groups is 1. The molecule has 1 aromatic heterocycles. The molecule has 0 fully saturated rings. The van der Waals surface area contributed by atoms with Crippen molar-refractivity contribution in [2.24, 2.45) is 4.99 Å². The van der Waals surface area contributed by atoms with Gasteiger partial charge in [0.25, 0.3) is 5.91 Å². The lowest BCUT2D eigenvalue weighted by Crippen LogP contribution is -2.17. The van der Waals surface area contributed by atoms with Crippen LogP contribution in [0.15, 0.2) is 35.3 Å². The van der Waals surface area contributed by atoms with Gasteiger partial charge in [-0.25, -0.2) is 0 Å². The summed E-state index contributed by atoms with van der Waals surface area (Å²) in [4.78, 5) is 17.7. The third-order valence-corrected chi connectivity index (χ3v) is 5.56. The van der Waals surface area contributed by atoms with Crippen LogP contribution in [0.5, 0.6) is 11.5 Å². The molecule has 3 rings (SSSR count). The Kier molecular flexibility index (Phi) is 5.54. The summed E-state index contributed by atoms with van der Waals surface area (Å²) in [5.74, 6) is 2.99. The molecule has 0 N–H and O–H groups in total. The van der Waals surface area contributed by atoms with Crippen LogP contribution in [0.25, 0.3) is 10.2 Å². The predicted molar refractivity (Wildman–Crippen MR) is 108 cm³/mol. The average Bonchev–Trinajstić information content (AvgIpc) is 3.02. The number of aryl methyl sites for hydroxylation is 1. The van der Waals surface area contributed by atoms with Crippen molar-refractivity contribution in [2.75, 3.05) is 14.2 Å². The van der Waals surface area contributed by atoms with E-state index in [1.165, 1.54) is 25.6 Å². The Morgan fingerprint density at radius 2 is 2.07 bits per heavy atom. The molecule has 1 amide bonds. The SMILES string of the molecule is C#CCn1c(=NC(=O)c2cccc(OC)c2OC)sc2ccc(Cl)c(C)c21. The summed E-state index contributed by atoms with van der Waals surface area (Å²) in [6.45, 7) is 2.20. The summed E-state index contributed by atoms with van der Waals surface area (Å²) in [7, 11) is 3.00. The number of hydrogen-bond donors (Lipinski definition) is 0. The molecular formula is C20H17ClN2O3S. The molecule has 7 heteroatoms. The zero-order valence-corrected chi connectivity index (χ0v) is 16.6. The summed E-state index contributed by atoms with van der Waals surface area (Å²) >= 11 is 7.64. The molecule has 0 spiro atoms. The van der Waals surface area contributed by atoms with Gasteiger partial charge in [0, 0.05) is 5.02 Å². The fourth-order valence-electron chi connectivity index (χ4n) is 2.84. The number of ether oxygens (including phenoxy) is 2. The third kappa shape index (κ3) is 3.44. The summed E-state index contributed by atoms with van der Waals surface area (Å²) in [5, 5.41) is 0.637. The van der Waals surface area contributed by atoms with Gasteiger partial charge >= 0.3 is 0 Å². The molecule has 0 aliphatic carbocycles.